The lowest BCUT2D eigenvalue weighted by atomic mass is 10.1. The molecule has 0 rings (SSSR count). The SMILES string of the molecule is CCCN(C)CCCC(C)C. The zero-order valence-corrected chi connectivity index (χ0v) is 8.56. The summed E-state index contributed by atoms with van der Waals surface area (Å²) >= 11 is 0. The zero-order valence-electron chi connectivity index (χ0n) is 8.56. The van der Waals surface area contributed by atoms with E-state index in [1.54, 1.807) is 0 Å². The van der Waals surface area contributed by atoms with Gasteiger partial charge in [0, 0.05) is 0 Å². The Hall–Kier alpha value is -0.0400. The van der Waals surface area contributed by atoms with Crippen molar-refractivity contribution in [1.29, 1.82) is 0 Å². The number of nitrogens with zero attached hydrogens (tertiary/aromatic N) is 1. The summed E-state index contributed by atoms with van der Waals surface area (Å²) in [6.07, 6.45) is 4.00. The van der Waals surface area contributed by atoms with Crippen LogP contribution in [-0.4, -0.2) is 25.0 Å². The van der Waals surface area contributed by atoms with E-state index < -0.39 is 0 Å². The van der Waals surface area contributed by atoms with Crippen molar-refractivity contribution in [3.63, 3.8) is 0 Å². The van der Waals surface area contributed by atoms with Crippen molar-refractivity contribution >= 4 is 0 Å². The van der Waals surface area contributed by atoms with Crippen LogP contribution in [0.25, 0.3) is 0 Å². The van der Waals surface area contributed by atoms with E-state index in [9.17, 15) is 0 Å². The van der Waals surface area contributed by atoms with E-state index in [1.807, 2.05) is 0 Å². The maximum Gasteiger partial charge on any atom is -0.00217 e. The number of hydrogen-bond acceptors (Lipinski definition) is 1. The molecule has 0 aromatic carbocycles. The van der Waals surface area contributed by atoms with Gasteiger partial charge in [-0.2, -0.15) is 0 Å². The second-order valence-electron chi connectivity index (χ2n) is 3.84. The lowest BCUT2D eigenvalue weighted by molar-refractivity contribution is 0.318. The first-order chi connectivity index (χ1) is 5.16. The van der Waals surface area contributed by atoms with Gasteiger partial charge in [-0.05, 0) is 45.3 Å². The van der Waals surface area contributed by atoms with E-state index in [1.165, 1.54) is 32.4 Å². The highest BCUT2D eigenvalue weighted by atomic mass is 15.1. The molecule has 0 spiro atoms. The Bertz CT molecular complexity index is 78.9. The predicted octanol–water partition coefficient (Wildman–Crippen LogP) is 2.76. The Balaban J connectivity index is 3.10. The highest BCUT2D eigenvalue weighted by Crippen LogP contribution is 2.03. The maximum atomic E-state index is 2.42. The van der Waals surface area contributed by atoms with Crippen LogP contribution in [0.3, 0.4) is 0 Å². The minimum absolute atomic E-state index is 0.866. The predicted molar refractivity (Wildman–Crippen MR) is 51.9 cm³/mol. The quantitative estimate of drug-likeness (QED) is 0.573. The summed E-state index contributed by atoms with van der Waals surface area (Å²) in [6, 6.07) is 0. The Morgan fingerprint density at radius 2 is 1.82 bits per heavy atom. The Labute approximate surface area is 71.8 Å². The van der Waals surface area contributed by atoms with Gasteiger partial charge in [-0.1, -0.05) is 20.8 Å². The average molecular weight is 157 g/mol. The summed E-state index contributed by atoms with van der Waals surface area (Å²) in [5, 5.41) is 0. The highest BCUT2D eigenvalue weighted by molar-refractivity contribution is 4.52. The first-order valence-electron chi connectivity index (χ1n) is 4.85. The van der Waals surface area contributed by atoms with Crippen molar-refractivity contribution in [1.82, 2.24) is 4.90 Å². The highest BCUT2D eigenvalue weighted by Gasteiger charge is 1.97. The molecule has 0 heterocycles. The molecule has 0 aliphatic rings. The van der Waals surface area contributed by atoms with Crippen molar-refractivity contribution in [3.8, 4) is 0 Å². The molecule has 68 valence electrons. The van der Waals surface area contributed by atoms with Gasteiger partial charge in [-0.25, -0.2) is 0 Å². The molecule has 0 saturated heterocycles. The third-order valence-corrected chi connectivity index (χ3v) is 1.93. The molecule has 0 fully saturated rings. The van der Waals surface area contributed by atoms with Crippen molar-refractivity contribution in [2.45, 2.75) is 40.0 Å². The second-order valence-corrected chi connectivity index (χ2v) is 3.84. The van der Waals surface area contributed by atoms with E-state index in [0.29, 0.717) is 0 Å². The molecule has 0 amide bonds. The van der Waals surface area contributed by atoms with Gasteiger partial charge in [0.25, 0.3) is 0 Å². The van der Waals surface area contributed by atoms with Crippen LogP contribution in [0, 0.1) is 5.92 Å². The molecule has 0 bridgehead atoms. The van der Waals surface area contributed by atoms with Crippen molar-refractivity contribution < 1.29 is 0 Å². The minimum Gasteiger partial charge on any atom is -0.306 e. The fourth-order valence-electron chi connectivity index (χ4n) is 1.26. The summed E-state index contributed by atoms with van der Waals surface area (Å²) in [6.45, 7) is 9.34. The van der Waals surface area contributed by atoms with Crippen LogP contribution in [0.2, 0.25) is 0 Å². The molecular weight excluding hydrogens is 134 g/mol. The third-order valence-electron chi connectivity index (χ3n) is 1.93. The van der Waals surface area contributed by atoms with Crippen molar-refractivity contribution in [2.75, 3.05) is 20.1 Å². The third kappa shape index (κ3) is 7.86. The Morgan fingerprint density at radius 3 is 2.27 bits per heavy atom. The molecule has 0 saturated carbocycles. The smallest absolute Gasteiger partial charge is 0.00217 e. The van der Waals surface area contributed by atoms with E-state index >= 15 is 0 Å². The van der Waals surface area contributed by atoms with Crippen LogP contribution in [0.5, 0.6) is 0 Å². The molecule has 1 heteroatoms. The Morgan fingerprint density at radius 1 is 1.18 bits per heavy atom. The normalized spacial score (nSPS) is 11.5. The first kappa shape index (κ1) is 11.0. The van der Waals surface area contributed by atoms with Gasteiger partial charge >= 0.3 is 0 Å². The number of hydrogen-bond donors (Lipinski definition) is 0. The largest absolute Gasteiger partial charge is 0.306 e. The fourth-order valence-corrected chi connectivity index (χ4v) is 1.26. The summed E-state index contributed by atoms with van der Waals surface area (Å²) in [4.78, 5) is 2.42. The molecule has 0 aliphatic heterocycles. The van der Waals surface area contributed by atoms with E-state index in [4.69, 9.17) is 0 Å². The first-order valence-corrected chi connectivity index (χ1v) is 4.85. The lowest BCUT2D eigenvalue weighted by Gasteiger charge is -2.15. The molecule has 0 N–H and O–H groups in total. The zero-order chi connectivity index (χ0) is 8.69. The summed E-state index contributed by atoms with van der Waals surface area (Å²) in [5.74, 6) is 0.866. The molecule has 0 radical (unpaired) electrons. The van der Waals surface area contributed by atoms with Gasteiger partial charge in [-0.3, -0.25) is 0 Å². The van der Waals surface area contributed by atoms with Gasteiger partial charge < -0.3 is 4.90 Å². The van der Waals surface area contributed by atoms with Crippen LogP contribution in [0.15, 0.2) is 0 Å². The number of rotatable bonds is 6. The van der Waals surface area contributed by atoms with Crippen LogP contribution < -0.4 is 0 Å². The summed E-state index contributed by atoms with van der Waals surface area (Å²) in [5.41, 5.74) is 0. The second kappa shape index (κ2) is 6.66. The van der Waals surface area contributed by atoms with Crippen LogP contribution in [-0.2, 0) is 0 Å². The standard InChI is InChI=1S/C10H23N/c1-5-8-11(4)9-6-7-10(2)3/h10H,5-9H2,1-4H3. The van der Waals surface area contributed by atoms with Crippen LogP contribution in [0.4, 0.5) is 0 Å². The molecule has 0 unspecified atom stereocenters. The molecule has 0 aromatic heterocycles. The van der Waals surface area contributed by atoms with Crippen molar-refractivity contribution in [3.05, 3.63) is 0 Å². The minimum atomic E-state index is 0.866. The van der Waals surface area contributed by atoms with Gasteiger partial charge in [-0.15, -0.1) is 0 Å². The van der Waals surface area contributed by atoms with Gasteiger partial charge in [0.1, 0.15) is 0 Å². The maximum absolute atomic E-state index is 2.42. The molecular formula is C10H23N. The van der Waals surface area contributed by atoms with Gasteiger partial charge in [0.05, 0.1) is 0 Å². The topological polar surface area (TPSA) is 3.24 Å². The Kier molecular flexibility index (Phi) is 6.63. The van der Waals surface area contributed by atoms with Gasteiger partial charge in [0.2, 0.25) is 0 Å². The van der Waals surface area contributed by atoms with Crippen LogP contribution >= 0.6 is 0 Å². The summed E-state index contributed by atoms with van der Waals surface area (Å²) < 4.78 is 0. The van der Waals surface area contributed by atoms with Crippen molar-refractivity contribution in [2.24, 2.45) is 5.92 Å². The molecule has 11 heavy (non-hydrogen) atoms. The molecule has 0 aliphatic carbocycles. The molecule has 1 nitrogen and oxygen atoms in total. The monoisotopic (exact) mass is 157 g/mol. The van der Waals surface area contributed by atoms with E-state index in [2.05, 4.69) is 32.7 Å². The van der Waals surface area contributed by atoms with Gasteiger partial charge in [0.15, 0.2) is 0 Å². The average Bonchev–Trinajstić information content (AvgIpc) is 1.87. The van der Waals surface area contributed by atoms with Crippen LogP contribution in [0.1, 0.15) is 40.0 Å². The molecule has 0 aromatic rings. The van der Waals surface area contributed by atoms with E-state index in [-0.39, 0.29) is 0 Å². The fraction of sp³-hybridized carbons (Fsp3) is 1.00. The lowest BCUT2D eigenvalue weighted by Crippen LogP contribution is -2.20. The van der Waals surface area contributed by atoms with E-state index in [0.717, 1.165) is 5.92 Å². The summed E-state index contributed by atoms with van der Waals surface area (Å²) in [7, 11) is 2.21. The molecule has 0 atom stereocenters.